The van der Waals surface area contributed by atoms with E-state index in [1.165, 1.54) is 10.8 Å². The molecular formula is C17H13NS. The summed E-state index contributed by atoms with van der Waals surface area (Å²) in [6.45, 7) is 0. The lowest BCUT2D eigenvalue weighted by molar-refractivity contribution is 1.39. The molecule has 0 heterocycles. The fourth-order valence-electron chi connectivity index (χ4n) is 2.08. The summed E-state index contributed by atoms with van der Waals surface area (Å²) in [6, 6.07) is 22.4. The maximum Gasteiger partial charge on any atom is 0.0763 e. The molecule has 92 valence electrons. The predicted molar refractivity (Wildman–Crippen MR) is 84.9 cm³/mol. The van der Waals surface area contributed by atoms with Crippen molar-refractivity contribution in [3.8, 4) is 0 Å². The molecule has 1 nitrogen and oxygen atoms in total. The van der Waals surface area contributed by atoms with Crippen molar-refractivity contribution in [2.75, 3.05) is 0 Å². The number of hydrogen-bond donors (Lipinski definition) is 1. The van der Waals surface area contributed by atoms with Crippen molar-refractivity contribution in [2.45, 2.75) is 4.90 Å². The topological polar surface area (TPSA) is 12.4 Å². The zero-order chi connectivity index (χ0) is 13.1. The molecule has 3 rings (SSSR count). The van der Waals surface area contributed by atoms with Crippen molar-refractivity contribution in [1.29, 1.82) is 0 Å². The van der Waals surface area contributed by atoms with Crippen molar-refractivity contribution < 1.29 is 0 Å². The summed E-state index contributed by atoms with van der Waals surface area (Å²) in [6.07, 6.45) is 1.90. The summed E-state index contributed by atoms with van der Waals surface area (Å²) in [7, 11) is 0. The molecule has 0 saturated carbocycles. The minimum Gasteiger partial charge on any atom is -0.255 e. The first-order chi connectivity index (χ1) is 9.34. The Hall–Kier alpha value is -2.06. The third kappa shape index (κ3) is 2.54. The maximum absolute atomic E-state index is 4.52. The average Bonchev–Trinajstić information content (AvgIpc) is 2.46. The molecule has 0 amide bonds. The standard InChI is InChI=1S/C17H13NS/c19-17-11-4-3-10-16(17)18-12-14-8-5-7-13-6-1-2-9-15(13)14/h1-12,19H. The molecule has 0 aliphatic heterocycles. The molecule has 19 heavy (non-hydrogen) atoms. The van der Waals surface area contributed by atoms with Crippen LogP contribution in [0.2, 0.25) is 0 Å². The number of benzene rings is 3. The molecule has 0 aliphatic carbocycles. The van der Waals surface area contributed by atoms with Gasteiger partial charge in [0.25, 0.3) is 0 Å². The molecule has 0 fully saturated rings. The van der Waals surface area contributed by atoms with Gasteiger partial charge in [0.1, 0.15) is 0 Å². The van der Waals surface area contributed by atoms with Gasteiger partial charge in [0.2, 0.25) is 0 Å². The smallest absolute Gasteiger partial charge is 0.0763 e. The number of rotatable bonds is 2. The van der Waals surface area contributed by atoms with E-state index in [1.807, 2.05) is 42.6 Å². The van der Waals surface area contributed by atoms with Crippen LogP contribution in [0.15, 0.2) is 76.6 Å². The lowest BCUT2D eigenvalue weighted by atomic mass is 10.1. The minimum absolute atomic E-state index is 0.888. The molecule has 3 aromatic rings. The molecule has 0 N–H and O–H groups in total. The van der Waals surface area contributed by atoms with Crippen molar-refractivity contribution >= 4 is 35.3 Å². The zero-order valence-corrected chi connectivity index (χ0v) is 11.2. The Balaban J connectivity index is 2.04. The van der Waals surface area contributed by atoms with Gasteiger partial charge in [0, 0.05) is 16.7 Å². The van der Waals surface area contributed by atoms with Crippen LogP contribution in [-0.2, 0) is 0 Å². The monoisotopic (exact) mass is 263 g/mol. The van der Waals surface area contributed by atoms with E-state index < -0.39 is 0 Å². The minimum atomic E-state index is 0.888. The first-order valence-corrected chi connectivity index (χ1v) is 6.59. The zero-order valence-electron chi connectivity index (χ0n) is 10.3. The molecule has 3 aromatic carbocycles. The highest BCUT2D eigenvalue weighted by Gasteiger charge is 1.98. The summed E-state index contributed by atoms with van der Waals surface area (Å²) in [4.78, 5) is 5.41. The SMILES string of the molecule is Sc1ccccc1N=Cc1cccc2ccccc12. The van der Waals surface area contributed by atoms with E-state index in [1.54, 1.807) is 0 Å². The Bertz CT molecular complexity index is 742. The van der Waals surface area contributed by atoms with Crippen LogP contribution in [0.3, 0.4) is 0 Å². The van der Waals surface area contributed by atoms with E-state index in [0.717, 1.165) is 16.1 Å². The van der Waals surface area contributed by atoms with Gasteiger partial charge in [0.05, 0.1) is 5.69 Å². The van der Waals surface area contributed by atoms with Gasteiger partial charge in [-0.3, -0.25) is 4.99 Å². The first kappa shape index (κ1) is 12.0. The summed E-state index contributed by atoms with van der Waals surface area (Å²) in [5, 5.41) is 2.44. The van der Waals surface area contributed by atoms with Gasteiger partial charge in [-0.05, 0) is 22.9 Å². The van der Waals surface area contributed by atoms with Crippen molar-refractivity contribution in [3.05, 3.63) is 72.3 Å². The molecule has 0 atom stereocenters. The summed E-state index contributed by atoms with van der Waals surface area (Å²) >= 11 is 4.40. The van der Waals surface area contributed by atoms with E-state index in [2.05, 4.69) is 48.0 Å². The number of thiol groups is 1. The summed E-state index contributed by atoms with van der Waals surface area (Å²) in [5.41, 5.74) is 2.01. The third-order valence-corrected chi connectivity index (χ3v) is 3.43. The van der Waals surface area contributed by atoms with Gasteiger partial charge < -0.3 is 0 Å². The number of hydrogen-bond acceptors (Lipinski definition) is 2. The van der Waals surface area contributed by atoms with Gasteiger partial charge in [-0.2, -0.15) is 0 Å². The Morgan fingerprint density at radius 2 is 1.53 bits per heavy atom. The summed E-state index contributed by atoms with van der Waals surface area (Å²) in [5.74, 6) is 0. The molecule has 0 spiro atoms. The number of nitrogens with zero attached hydrogens (tertiary/aromatic N) is 1. The van der Waals surface area contributed by atoms with Crippen LogP contribution in [0, 0.1) is 0 Å². The van der Waals surface area contributed by atoms with E-state index in [4.69, 9.17) is 0 Å². The Labute approximate surface area is 118 Å². The second-order valence-electron chi connectivity index (χ2n) is 4.32. The second-order valence-corrected chi connectivity index (χ2v) is 4.80. The quantitative estimate of drug-likeness (QED) is 0.500. The van der Waals surface area contributed by atoms with Crippen molar-refractivity contribution in [1.82, 2.24) is 0 Å². The molecule has 0 bridgehead atoms. The van der Waals surface area contributed by atoms with Gasteiger partial charge >= 0.3 is 0 Å². The van der Waals surface area contributed by atoms with Crippen LogP contribution < -0.4 is 0 Å². The fraction of sp³-hybridized carbons (Fsp3) is 0. The van der Waals surface area contributed by atoms with E-state index in [-0.39, 0.29) is 0 Å². The van der Waals surface area contributed by atoms with Crippen LogP contribution in [0.25, 0.3) is 10.8 Å². The summed E-state index contributed by atoms with van der Waals surface area (Å²) < 4.78 is 0. The second kappa shape index (κ2) is 5.29. The lowest BCUT2D eigenvalue weighted by Gasteiger charge is -2.02. The molecule has 0 aliphatic rings. The van der Waals surface area contributed by atoms with Gasteiger partial charge in [0.15, 0.2) is 0 Å². The van der Waals surface area contributed by atoms with Crippen LogP contribution in [0.1, 0.15) is 5.56 Å². The van der Waals surface area contributed by atoms with Gasteiger partial charge in [-0.15, -0.1) is 12.6 Å². The Morgan fingerprint density at radius 1 is 0.789 bits per heavy atom. The predicted octanol–water partition coefficient (Wildman–Crippen LogP) is 4.88. The Kier molecular flexibility index (Phi) is 3.34. The van der Waals surface area contributed by atoms with Crippen LogP contribution >= 0.6 is 12.6 Å². The highest BCUT2D eigenvalue weighted by Crippen LogP contribution is 2.23. The largest absolute Gasteiger partial charge is 0.255 e. The lowest BCUT2D eigenvalue weighted by Crippen LogP contribution is -1.83. The fourth-order valence-corrected chi connectivity index (χ4v) is 2.29. The van der Waals surface area contributed by atoms with Gasteiger partial charge in [-0.1, -0.05) is 54.6 Å². The Morgan fingerprint density at radius 3 is 2.42 bits per heavy atom. The van der Waals surface area contributed by atoms with Gasteiger partial charge in [-0.25, -0.2) is 0 Å². The van der Waals surface area contributed by atoms with E-state index in [9.17, 15) is 0 Å². The number of aliphatic imine (C=N–C) groups is 1. The molecule has 0 unspecified atom stereocenters. The molecular weight excluding hydrogens is 250 g/mol. The third-order valence-electron chi connectivity index (χ3n) is 3.05. The van der Waals surface area contributed by atoms with E-state index in [0.29, 0.717) is 0 Å². The molecule has 0 saturated heterocycles. The molecule has 0 aromatic heterocycles. The van der Waals surface area contributed by atoms with Crippen molar-refractivity contribution in [3.63, 3.8) is 0 Å². The first-order valence-electron chi connectivity index (χ1n) is 6.14. The van der Waals surface area contributed by atoms with Crippen LogP contribution in [0.5, 0.6) is 0 Å². The highest BCUT2D eigenvalue weighted by atomic mass is 32.1. The van der Waals surface area contributed by atoms with E-state index >= 15 is 0 Å². The average molecular weight is 263 g/mol. The van der Waals surface area contributed by atoms with Crippen LogP contribution in [0.4, 0.5) is 5.69 Å². The number of fused-ring (bicyclic) bond motifs is 1. The molecule has 2 heteroatoms. The van der Waals surface area contributed by atoms with Crippen LogP contribution in [-0.4, -0.2) is 6.21 Å². The number of para-hydroxylation sites is 1. The maximum atomic E-state index is 4.52. The molecule has 0 radical (unpaired) electrons. The highest BCUT2D eigenvalue weighted by molar-refractivity contribution is 7.80. The normalized spacial score (nSPS) is 11.2. The van der Waals surface area contributed by atoms with Crippen molar-refractivity contribution in [2.24, 2.45) is 4.99 Å².